The van der Waals surface area contributed by atoms with Gasteiger partial charge in [0.15, 0.2) is 5.65 Å². The van der Waals surface area contributed by atoms with Gasteiger partial charge in [-0.15, -0.1) is 11.3 Å². The summed E-state index contributed by atoms with van der Waals surface area (Å²) in [6.45, 7) is 2.02. The summed E-state index contributed by atoms with van der Waals surface area (Å²) in [6, 6.07) is 7.90. The molecule has 4 heterocycles. The number of nitrogens with zero attached hydrogens (tertiary/aromatic N) is 3. The number of imidazole rings is 1. The van der Waals surface area contributed by atoms with E-state index in [0.717, 1.165) is 45.8 Å². The SMILES string of the molecule is Clc1ccc(-n2c(C3CCNC3)nc3cccnc32)s1. The molecule has 0 saturated carbocycles. The highest BCUT2D eigenvalue weighted by Gasteiger charge is 2.25. The van der Waals surface area contributed by atoms with Crippen LogP contribution in [0.4, 0.5) is 0 Å². The quantitative estimate of drug-likeness (QED) is 0.790. The molecule has 0 amide bonds. The van der Waals surface area contributed by atoms with E-state index in [1.54, 1.807) is 11.3 Å². The second kappa shape index (κ2) is 4.84. The molecular weight excluding hydrogens is 292 g/mol. The van der Waals surface area contributed by atoms with Crippen LogP contribution in [0.25, 0.3) is 16.2 Å². The van der Waals surface area contributed by atoms with Crippen LogP contribution >= 0.6 is 22.9 Å². The number of nitrogens with one attached hydrogen (secondary N) is 1. The molecule has 0 aromatic carbocycles. The number of fused-ring (bicyclic) bond motifs is 1. The predicted octanol–water partition coefficient (Wildman–Crippen LogP) is 3.21. The van der Waals surface area contributed by atoms with Gasteiger partial charge in [-0.2, -0.15) is 0 Å². The number of aromatic nitrogens is 3. The van der Waals surface area contributed by atoms with E-state index in [1.165, 1.54) is 0 Å². The van der Waals surface area contributed by atoms with Crippen molar-refractivity contribution in [3.63, 3.8) is 0 Å². The van der Waals surface area contributed by atoms with Crippen molar-refractivity contribution in [2.75, 3.05) is 13.1 Å². The Bertz CT molecular complexity index is 757. The van der Waals surface area contributed by atoms with Gasteiger partial charge in [-0.05, 0) is 37.2 Å². The lowest BCUT2D eigenvalue weighted by molar-refractivity contribution is 0.693. The zero-order chi connectivity index (χ0) is 13.5. The van der Waals surface area contributed by atoms with Gasteiger partial charge in [0.1, 0.15) is 16.3 Å². The maximum absolute atomic E-state index is 6.09. The molecule has 102 valence electrons. The van der Waals surface area contributed by atoms with Crippen LogP contribution < -0.4 is 5.32 Å². The number of hydrogen-bond acceptors (Lipinski definition) is 4. The molecule has 3 aromatic heterocycles. The highest BCUT2D eigenvalue weighted by atomic mass is 35.5. The van der Waals surface area contributed by atoms with Crippen molar-refractivity contribution in [3.8, 4) is 5.00 Å². The number of halogens is 1. The van der Waals surface area contributed by atoms with Crippen LogP contribution in [0.5, 0.6) is 0 Å². The van der Waals surface area contributed by atoms with E-state index in [-0.39, 0.29) is 0 Å². The summed E-state index contributed by atoms with van der Waals surface area (Å²) in [6.07, 6.45) is 2.93. The molecule has 0 spiro atoms. The molecule has 1 saturated heterocycles. The summed E-state index contributed by atoms with van der Waals surface area (Å²) in [5.41, 5.74) is 1.85. The van der Waals surface area contributed by atoms with Crippen molar-refractivity contribution in [2.45, 2.75) is 12.3 Å². The zero-order valence-corrected chi connectivity index (χ0v) is 12.3. The molecule has 4 nitrogen and oxygen atoms in total. The topological polar surface area (TPSA) is 42.7 Å². The third kappa shape index (κ3) is 1.93. The molecular formula is C14H13ClN4S. The van der Waals surface area contributed by atoms with Crippen molar-refractivity contribution >= 4 is 34.1 Å². The van der Waals surface area contributed by atoms with Gasteiger partial charge < -0.3 is 5.32 Å². The average Bonchev–Trinajstić information content (AvgIpc) is 3.16. The van der Waals surface area contributed by atoms with Crippen molar-refractivity contribution in [1.82, 2.24) is 19.9 Å². The highest BCUT2D eigenvalue weighted by molar-refractivity contribution is 7.18. The standard InChI is InChI=1S/C14H13ClN4S/c15-11-3-4-12(20-11)19-13(9-5-7-16-8-9)18-10-2-1-6-17-14(10)19/h1-4,6,9,16H,5,7-8H2. The van der Waals surface area contributed by atoms with Crippen LogP contribution in [-0.4, -0.2) is 27.6 Å². The normalized spacial score (nSPS) is 18.9. The summed E-state index contributed by atoms with van der Waals surface area (Å²) in [5, 5.41) is 4.48. The Morgan fingerprint density at radius 3 is 3.05 bits per heavy atom. The maximum Gasteiger partial charge on any atom is 0.165 e. The van der Waals surface area contributed by atoms with Crippen molar-refractivity contribution in [2.24, 2.45) is 0 Å². The van der Waals surface area contributed by atoms with Gasteiger partial charge in [-0.25, -0.2) is 9.97 Å². The minimum Gasteiger partial charge on any atom is -0.316 e. The van der Waals surface area contributed by atoms with Gasteiger partial charge in [0, 0.05) is 18.7 Å². The number of pyridine rings is 1. The molecule has 0 bridgehead atoms. The third-order valence-electron chi connectivity index (χ3n) is 3.65. The first-order chi connectivity index (χ1) is 9.83. The van der Waals surface area contributed by atoms with Crippen molar-refractivity contribution in [1.29, 1.82) is 0 Å². The van der Waals surface area contributed by atoms with E-state index in [0.29, 0.717) is 5.92 Å². The Morgan fingerprint density at radius 2 is 2.30 bits per heavy atom. The lowest BCUT2D eigenvalue weighted by atomic mass is 10.1. The largest absolute Gasteiger partial charge is 0.316 e. The first-order valence-corrected chi connectivity index (χ1v) is 7.82. The van der Waals surface area contributed by atoms with Gasteiger partial charge in [0.25, 0.3) is 0 Å². The molecule has 4 rings (SSSR count). The summed E-state index contributed by atoms with van der Waals surface area (Å²) >= 11 is 7.65. The smallest absolute Gasteiger partial charge is 0.165 e. The lowest BCUT2D eigenvalue weighted by Crippen LogP contribution is -2.11. The Balaban J connectivity index is 1.97. The minimum absolute atomic E-state index is 0.435. The molecule has 1 N–H and O–H groups in total. The Hall–Kier alpha value is -1.43. The molecule has 1 aliphatic rings. The van der Waals surface area contributed by atoms with E-state index >= 15 is 0 Å². The van der Waals surface area contributed by atoms with Crippen LogP contribution in [0, 0.1) is 0 Å². The van der Waals surface area contributed by atoms with Gasteiger partial charge >= 0.3 is 0 Å². The Kier molecular flexibility index (Phi) is 2.98. The van der Waals surface area contributed by atoms with E-state index in [2.05, 4.69) is 14.9 Å². The summed E-state index contributed by atoms with van der Waals surface area (Å²) < 4.78 is 2.94. The van der Waals surface area contributed by atoms with Crippen molar-refractivity contribution < 1.29 is 0 Å². The van der Waals surface area contributed by atoms with E-state index < -0.39 is 0 Å². The second-order valence-corrected chi connectivity index (χ2v) is 6.61. The summed E-state index contributed by atoms with van der Waals surface area (Å²) in [4.78, 5) is 9.31. The fraction of sp³-hybridized carbons (Fsp3) is 0.286. The van der Waals surface area contributed by atoms with Crippen LogP contribution in [-0.2, 0) is 0 Å². The fourth-order valence-electron chi connectivity index (χ4n) is 2.72. The van der Waals surface area contributed by atoms with Gasteiger partial charge in [0.2, 0.25) is 0 Å². The van der Waals surface area contributed by atoms with Crippen LogP contribution in [0.15, 0.2) is 30.5 Å². The first kappa shape index (κ1) is 12.3. The Morgan fingerprint density at radius 1 is 1.35 bits per heavy atom. The van der Waals surface area contributed by atoms with Gasteiger partial charge in [-0.3, -0.25) is 4.57 Å². The van der Waals surface area contributed by atoms with Crippen LogP contribution in [0.2, 0.25) is 4.34 Å². The monoisotopic (exact) mass is 304 g/mol. The summed E-state index contributed by atoms with van der Waals surface area (Å²) in [5.74, 6) is 1.52. The molecule has 0 radical (unpaired) electrons. The van der Waals surface area contributed by atoms with E-state index in [9.17, 15) is 0 Å². The number of hydrogen-bond donors (Lipinski definition) is 1. The van der Waals surface area contributed by atoms with E-state index in [4.69, 9.17) is 16.6 Å². The maximum atomic E-state index is 6.09. The number of thiophene rings is 1. The fourth-order valence-corrected chi connectivity index (χ4v) is 3.76. The molecule has 6 heteroatoms. The third-order valence-corrected chi connectivity index (χ3v) is 4.86. The second-order valence-electron chi connectivity index (χ2n) is 4.92. The Labute approximate surface area is 125 Å². The van der Waals surface area contributed by atoms with Gasteiger partial charge in [0.05, 0.1) is 4.34 Å². The molecule has 3 aromatic rings. The van der Waals surface area contributed by atoms with E-state index in [1.807, 2.05) is 30.5 Å². The first-order valence-electron chi connectivity index (χ1n) is 6.63. The highest BCUT2D eigenvalue weighted by Crippen LogP contribution is 2.32. The molecule has 1 aliphatic heterocycles. The lowest BCUT2D eigenvalue weighted by Gasteiger charge is -2.10. The molecule has 1 fully saturated rings. The molecule has 0 aliphatic carbocycles. The molecule has 1 atom stereocenters. The minimum atomic E-state index is 0.435. The predicted molar refractivity (Wildman–Crippen MR) is 82.0 cm³/mol. The van der Waals surface area contributed by atoms with Crippen LogP contribution in [0.3, 0.4) is 0 Å². The summed E-state index contributed by atoms with van der Waals surface area (Å²) in [7, 11) is 0. The zero-order valence-electron chi connectivity index (χ0n) is 10.7. The number of rotatable bonds is 2. The van der Waals surface area contributed by atoms with Crippen molar-refractivity contribution in [3.05, 3.63) is 40.6 Å². The molecule has 20 heavy (non-hydrogen) atoms. The van der Waals surface area contributed by atoms with Gasteiger partial charge in [-0.1, -0.05) is 11.6 Å². The van der Waals surface area contributed by atoms with Crippen LogP contribution in [0.1, 0.15) is 18.2 Å². The molecule has 1 unspecified atom stereocenters. The average molecular weight is 305 g/mol.